The zero-order chi connectivity index (χ0) is 13.1. The Kier molecular flexibility index (Phi) is 4.23. The summed E-state index contributed by atoms with van der Waals surface area (Å²) < 4.78 is 22.8. The van der Waals surface area contributed by atoms with Crippen molar-refractivity contribution < 1.29 is 13.6 Å². The fourth-order valence-corrected chi connectivity index (χ4v) is 3.35. The molecule has 1 fully saturated rings. The van der Waals surface area contributed by atoms with E-state index in [1.54, 1.807) is 0 Å². The molecule has 1 N–H and O–H groups in total. The molecule has 100 valence electrons. The first-order valence-electron chi connectivity index (χ1n) is 6.17. The molecule has 4 nitrogen and oxygen atoms in total. The fraction of sp³-hybridized carbons (Fsp3) is 0.538. The first-order chi connectivity index (χ1) is 8.49. The maximum atomic E-state index is 12.2. The lowest BCUT2D eigenvalue weighted by Crippen LogP contribution is -2.33. The summed E-state index contributed by atoms with van der Waals surface area (Å²) in [5.74, 6) is 0. The summed E-state index contributed by atoms with van der Waals surface area (Å²) in [6.45, 7) is 5.56. The van der Waals surface area contributed by atoms with E-state index in [-0.39, 0.29) is 5.41 Å². The average molecular weight is 269 g/mol. The largest absolute Gasteiger partial charge is 0.405 e. The summed E-state index contributed by atoms with van der Waals surface area (Å²) >= 11 is 0. The van der Waals surface area contributed by atoms with Gasteiger partial charge in [0, 0.05) is 12.0 Å². The maximum absolute atomic E-state index is 12.2. The Morgan fingerprint density at radius 2 is 1.83 bits per heavy atom. The van der Waals surface area contributed by atoms with E-state index in [1.165, 1.54) is 5.56 Å². The van der Waals surface area contributed by atoms with Crippen LogP contribution in [-0.2, 0) is 20.0 Å². The second-order valence-corrected chi connectivity index (χ2v) is 7.18. The lowest BCUT2D eigenvalue weighted by molar-refractivity contribution is 0.0373. The van der Waals surface area contributed by atoms with Crippen LogP contribution in [0.25, 0.3) is 0 Å². The summed E-state index contributed by atoms with van der Waals surface area (Å²) in [6.07, 6.45) is 0.806. The lowest BCUT2D eigenvalue weighted by atomic mass is 9.97. The number of hydrogen-bond acceptors (Lipinski definition) is 3. The normalized spacial score (nSPS) is 21.7. The molecule has 1 saturated heterocycles. The SMILES string of the molecule is CC1(C)COP(=O)(NCCc2ccccc2)OC1. The van der Waals surface area contributed by atoms with Gasteiger partial charge in [0.2, 0.25) is 0 Å². The molecule has 0 amide bonds. The predicted octanol–water partition coefficient (Wildman–Crippen LogP) is 3.00. The third-order valence-electron chi connectivity index (χ3n) is 2.81. The molecule has 1 aliphatic rings. The van der Waals surface area contributed by atoms with Gasteiger partial charge in [-0.1, -0.05) is 44.2 Å². The minimum Gasteiger partial charge on any atom is -0.296 e. The van der Waals surface area contributed by atoms with Crippen molar-refractivity contribution in [2.75, 3.05) is 19.8 Å². The molecule has 0 aromatic heterocycles. The molecular formula is C13H20NO3P. The van der Waals surface area contributed by atoms with Crippen molar-refractivity contribution in [1.29, 1.82) is 0 Å². The smallest absolute Gasteiger partial charge is 0.296 e. The topological polar surface area (TPSA) is 47.6 Å². The van der Waals surface area contributed by atoms with E-state index in [4.69, 9.17) is 9.05 Å². The van der Waals surface area contributed by atoms with Gasteiger partial charge in [-0.25, -0.2) is 9.65 Å². The highest BCUT2D eigenvalue weighted by Gasteiger charge is 2.36. The highest BCUT2D eigenvalue weighted by Crippen LogP contribution is 2.49. The number of hydrogen-bond donors (Lipinski definition) is 1. The predicted molar refractivity (Wildman–Crippen MR) is 71.4 cm³/mol. The van der Waals surface area contributed by atoms with E-state index < -0.39 is 7.75 Å². The average Bonchev–Trinajstić information content (AvgIpc) is 2.35. The Labute approximate surface area is 108 Å². The van der Waals surface area contributed by atoms with Gasteiger partial charge in [0.05, 0.1) is 13.2 Å². The van der Waals surface area contributed by atoms with Crippen molar-refractivity contribution in [1.82, 2.24) is 5.09 Å². The van der Waals surface area contributed by atoms with E-state index >= 15 is 0 Å². The molecule has 0 radical (unpaired) electrons. The van der Waals surface area contributed by atoms with E-state index in [0.29, 0.717) is 19.8 Å². The van der Waals surface area contributed by atoms with Crippen LogP contribution in [0.3, 0.4) is 0 Å². The third kappa shape index (κ3) is 3.92. The zero-order valence-electron chi connectivity index (χ0n) is 10.9. The van der Waals surface area contributed by atoms with Crippen LogP contribution < -0.4 is 5.09 Å². The second kappa shape index (κ2) is 5.54. The standard InChI is InChI=1S/C13H20NO3P/c1-13(2)10-16-18(15,17-11-13)14-9-8-12-6-4-3-5-7-12/h3-7H,8-11H2,1-2H3,(H,14,15). The van der Waals surface area contributed by atoms with E-state index in [2.05, 4.69) is 5.09 Å². The Morgan fingerprint density at radius 3 is 2.44 bits per heavy atom. The Balaban J connectivity index is 1.79. The molecule has 0 bridgehead atoms. The minimum atomic E-state index is -3.08. The molecule has 1 heterocycles. The molecular weight excluding hydrogens is 249 g/mol. The summed E-state index contributed by atoms with van der Waals surface area (Å²) in [5.41, 5.74) is 1.14. The van der Waals surface area contributed by atoms with Crippen LogP contribution in [0.15, 0.2) is 30.3 Å². The molecule has 0 spiro atoms. The minimum absolute atomic E-state index is 0.0605. The van der Waals surface area contributed by atoms with Crippen LogP contribution in [0, 0.1) is 5.41 Å². The van der Waals surface area contributed by atoms with Crippen molar-refractivity contribution in [3.8, 4) is 0 Å². The van der Waals surface area contributed by atoms with Crippen LogP contribution in [0.5, 0.6) is 0 Å². The van der Waals surface area contributed by atoms with E-state index in [9.17, 15) is 4.57 Å². The highest BCUT2D eigenvalue weighted by molar-refractivity contribution is 7.51. The molecule has 18 heavy (non-hydrogen) atoms. The van der Waals surface area contributed by atoms with Gasteiger partial charge < -0.3 is 0 Å². The van der Waals surface area contributed by atoms with Gasteiger partial charge in [-0.3, -0.25) is 9.05 Å². The van der Waals surface area contributed by atoms with Crippen molar-refractivity contribution >= 4 is 7.75 Å². The van der Waals surface area contributed by atoms with Gasteiger partial charge >= 0.3 is 7.75 Å². The second-order valence-electron chi connectivity index (χ2n) is 5.35. The van der Waals surface area contributed by atoms with E-state index in [1.807, 2.05) is 44.2 Å². The van der Waals surface area contributed by atoms with Crippen LogP contribution in [0.2, 0.25) is 0 Å². The van der Waals surface area contributed by atoms with Gasteiger partial charge in [-0.15, -0.1) is 0 Å². The quantitative estimate of drug-likeness (QED) is 0.854. The molecule has 2 rings (SSSR count). The molecule has 5 heteroatoms. The Morgan fingerprint density at radius 1 is 1.22 bits per heavy atom. The molecule has 0 unspecified atom stereocenters. The number of nitrogens with one attached hydrogen (secondary N) is 1. The summed E-state index contributed by atoms with van der Waals surface area (Å²) in [6, 6.07) is 10.1. The maximum Gasteiger partial charge on any atom is 0.405 e. The molecule has 1 aromatic carbocycles. The zero-order valence-corrected chi connectivity index (χ0v) is 11.8. The number of rotatable bonds is 4. The van der Waals surface area contributed by atoms with Gasteiger partial charge in [0.25, 0.3) is 0 Å². The van der Waals surface area contributed by atoms with Gasteiger partial charge in [0.15, 0.2) is 0 Å². The molecule has 0 aliphatic carbocycles. The van der Waals surface area contributed by atoms with Gasteiger partial charge in [0.1, 0.15) is 0 Å². The first-order valence-corrected chi connectivity index (χ1v) is 7.72. The van der Waals surface area contributed by atoms with Gasteiger partial charge in [-0.2, -0.15) is 0 Å². The summed E-state index contributed by atoms with van der Waals surface area (Å²) in [7, 11) is -3.08. The fourth-order valence-electron chi connectivity index (χ4n) is 1.67. The first kappa shape index (κ1) is 13.8. The Hall–Kier alpha value is -0.670. The summed E-state index contributed by atoms with van der Waals surface area (Å²) in [4.78, 5) is 0. The van der Waals surface area contributed by atoms with Crippen molar-refractivity contribution in [2.24, 2.45) is 5.41 Å². The van der Waals surface area contributed by atoms with Crippen LogP contribution in [0.4, 0.5) is 0 Å². The monoisotopic (exact) mass is 269 g/mol. The van der Waals surface area contributed by atoms with E-state index in [0.717, 1.165) is 6.42 Å². The lowest BCUT2D eigenvalue weighted by Gasteiger charge is -2.33. The van der Waals surface area contributed by atoms with Crippen molar-refractivity contribution in [3.05, 3.63) is 35.9 Å². The Bertz CT molecular complexity index is 419. The number of benzene rings is 1. The van der Waals surface area contributed by atoms with Crippen LogP contribution in [0.1, 0.15) is 19.4 Å². The van der Waals surface area contributed by atoms with Gasteiger partial charge in [-0.05, 0) is 12.0 Å². The van der Waals surface area contributed by atoms with Crippen LogP contribution in [-0.4, -0.2) is 19.8 Å². The molecule has 0 atom stereocenters. The molecule has 1 aromatic rings. The molecule has 1 aliphatic heterocycles. The summed E-state index contributed by atoms with van der Waals surface area (Å²) in [5, 5.41) is 2.90. The molecule has 0 saturated carbocycles. The van der Waals surface area contributed by atoms with Crippen LogP contribution >= 0.6 is 7.75 Å². The highest BCUT2D eigenvalue weighted by atomic mass is 31.2. The van der Waals surface area contributed by atoms with Crippen molar-refractivity contribution in [3.63, 3.8) is 0 Å². The van der Waals surface area contributed by atoms with Crippen molar-refractivity contribution in [2.45, 2.75) is 20.3 Å². The third-order valence-corrected chi connectivity index (χ3v) is 4.36.